The molecule has 0 heterocycles. The number of para-hydroxylation sites is 1. The van der Waals surface area contributed by atoms with E-state index < -0.39 is 0 Å². The molecule has 0 saturated heterocycles. The van der Waals surface area contributed by atoms with Gasteiger partial charge in [-0.15, -0.1) is 0 Å². The summed E-state index contributed by atoms with van der Waals surface area (Å²) in [6.07, 6.45) is 6.89. The topological polar surface area (TPSA) is 36.9 Å². The van der Waals surface area contributed by atoms with Crippen LogP contribution in [0.25, 0.3) is 0 Å². The Kier molecular flexibility index (Phi) is 19.0. The molecular weight excluding hydrogens is 460 g/mol. The Bertz CT molecular complexity index is 894. The molecular formula is C33H48O4. The smallest absolute Gasteiger partial charge is 0.122 e. The van der Waals surface area contributed by atoms with E-state index in [-0.39, 0.29) is 0 Å². The summed E-state index contributed by atoms with van der Waals surface area (Å²) in [5.74, 6) is 3.72. The van der Waals surface area contributed by atoms with E-state index in [1.807, 2.05) is 73.7 Å². The van der Waals surface area contributed by atoms with Gasteiger partial charge in [-0.05, 0) is 69.5 Å². The molecule has 0 aliphatic carbocycles. The normalized spacial score (nSPS) is 9.76. The van der Waals surface area contributed by atoms with Gasteiger partial charge in [0, 0.05) is 6.07 Å². The number of unbranched alkanes of at least 4 members (excludes halogenated alkanes) is 3. The Balaban J connectivity index is 0.000000280. The Morgan fingerprint density at radius 3 is 1.38 bits per heavy atom. The molecule has 3 aromatic rings. The molecule has 0 saturated carbocycles. The molecule has 4 heteroatoms. The first-order valence-corrected chi connectivity index (χ1v) is 13.9. The number of hydrogen-bond donors (Lipinski definition) is 0. The van der Waals surface area contributed by atoms with Crippen molar-refractivity contribution in [2.24, 2.45) is 0 Å². The molecule has 204 valence electrons. The second-order valence-electron chi connectivity index (χ2n) is 8.64. The van der Waals surface area contributed by atoms with Gasteiger partial charge in [0.15, 0.2) is 0 Å². The molecule has 0 unspecified atom stereocenters. The molecule has 3 rings (SSSR count). The maximum Gasteiger partial charge on any atom is 0.122 e. The Hall–Kier alpha value is -3.14. The lowest BCUT2D eigenvalue weighted by molar-refractivity contribution is 0.302. The lowest BCUT2D eigenvalue weighted by atomic mass is 10.2. The number of aryl methyl sites for hydroxylation is 1. The summed E-state index contributed by atoms with van der Waals surface area (Å²) in [5.41, 5.74) is 1.28. The fourth-order valence-electron chi connectivity index (χ4n) is 2.97. The van der Waals surface area contributed by atoms with Crippen LogP contribution >= 0.6 is 0 Å². The van der Waals surface area contributed by atoms with Crippen molar-refractivity contribution in [3.05, 3.63) is 84.4 Å². The van der Waals surface area contributed by atoms with Crippen LogP contribution in [0.1, 0.15) is 71.8 Å². The Morgan fingerprint density at radius 1 is 0.459 bits per heavy atom. The average Bonchev–Trinajstić information content (AvgIpc) is 2.92. The summed E-state index contributed by atoms with van der Waals surface area (Å²) in [6.45, 7) is 13.7. The van der Waals surface area contributed by atoms with Gasteiger partial charge in [0.2, 0.25) is 0 Å². The SMILES string of the molecule is CCCCOc1ccc(C)cc1.CCCCOc1cccc(OCC)c1.CCCCOc1ccccc1. The third kappa shape index (κ3) is 17.0. The third-order valence-corrected chi connectivity index (χ3v) is 5.18. The van der Waals surface area contributed by atoms with Crippen molar-refractivity contribution >= 4 is 0 Å². The summed E-state index contributed by atoms with van der Waals surface area (Å²) in [7, 11) is 0. The van der Waals surface area contributed by atoms with E-state index in [0.717, 1.165) is 68.5 Å². The average molecular weight is 509 g/mol. The number of rotatable bonds is 14. The lowest BCUT2D eigenvalue weighted by Crippen LogP contribution is -1.97. The maximum absolute atomic E-state index is 5.55. The maximum atomic E-state index is 5.55. The van der Waals surface area contributed by atoms with Crippen molar-refractivity contribution in [3.63, 3.8) is 0 Å². The van der Waals surface area contributed by atoms with Crippen LogP contribution < -0.4 is 18.9 Å². The molecule has 0 fully saturated rings. The van der Waals surface area contributed by atoms with Crippen molar-refractivity contribution in [2.45, 2.75) is 73.1 Å². The van der Waals surface area contributed by atoms with Crippen molar-refractivity contribution in [1.82, 2.24) is 0 Å². The van der Waals surface area contributed by atoms with Crippen LogP contribution in [0.5, 0.6) is 23.0 Å². The number of benzene rings is 3. The van der Waals surface area contributed by atoms with Crippen molar-refractivity contribution in [3.8, 4) is 23.0 Å². The second kappa shape index (κ2) is 22.1. The zero-order chi connectivity index (χ0) is 27.0. The monoisotopic (exact) mass is 508 g/mol. The first-order valence-electron chi connectivity index (χ1n) is 13.9. The van der Waals surface area contributed by atoms with E-state index in [1.165, 1.54) is 18.4 Å². The zero-order valence-electron chi connectivity index (χ0n) is 23.7. The summed E-state index contributed by atoms with van der Waals surface area (Å²) in [5, 5.41) is 0. The molecule has 0 radical (unpaired) electrons. The predicted molar refractivity (Wildman–Crippen MR) is 156 cm³/mol. The van der Waals surface area contributed by atoms with E-state index >= 15 is 0 Å². The molecule has 0 N–H and O–H groups in total. The molecule has 37 heavy (non-hydrogen) atoms. The van der Waals surface area contributed by atoms with Gasteiger partial charge in [-0.2, -0.15) is 0 Å². The molecule has 0 atom stereocenters. The van der Waals surface area contributed by atoms with Gasteiger partial charge in [-0.3, -0.25) is 0 Å². The van der Waals surface area contributed by atoms with E-state index in [0.29, 0.717) is 6.61 Å². The minimum atomic E-state index is 0.693. The molecule has 0 bridgehead atoms. The van der Waals surface area contributed by atoms with Gasteiger partial charge in [0.25, 0.3) is 0 Å². The van der Waals surface area contributed by atoms with Crippen molar-refractivity contribution in [2.75, 3.05) is 26.4 Å². The quantitative estimate of drug-likeness (QED) is 0.203. The molecule has 4 nitrogen and oxygen atoms in total. The lowest BCUT2D eigenvalue weighted by Gasteiger charge is -2.07. The Morgan fingerprint density at radius 2 is 0.892 bits per heavy atom. The standard InChI is InChI=1S/C12H18O2.C11H16O.C10H14O/c1-3-5-9-14-12-8-6-7-11(10-12)13-4-2;1-3-4-9-12-11-7-5-10(2)6-8-11;1-2-3-9-11-10-7-5-4-6-8-10/h6-8,10H,3-5,9H2,1-2H3;5-8H,3-4,9H2,1-2H3;4-8H,2-3,9H2,1H3. The van der Waals surface area contributed by atoms with Crippen LogP contribution in [-0.2, 0) is 0 Å². The molecule has 0 aliphatic heterocycles. The predicted octanol–water partition coefficient (Wildman–Crippen LogP) is 9.30. The van der Waals surface area contributed by atoms with Crippen LogP contribution in [0.4, 0.5) is 0 Å². The van der Waals surface area contributed by atoms with Gasteiger partial charge < -0.3 is 18.9 Å². The second-order valence-corrected chi connectivity index (χ2v) is 8.64. The molecule has 0 aliphatic rings. The van der Waals surface area contributed by atoms with Gasteiger partial charge in [-0.1, -0.05) is 82.0 Å². The zero-order valence-corrected chi connectivity index (χ0v) is 23.7. The first kappa shape index (κ1) is 31.9. The van der Waals surface area contributed by atoms with Crippen LogP contribution in [0, 0.1) is 6.92 Å². The fourth-order valence-corrected chi connectivity index (χ4v) is 2.97. The third-order valence-electron chi connectivity index (χ3n) is 5.18. The van der Waals surface area contributed by atoms with Crippen LogP contribution in [0.3, 0.4) is 0 Å². The highest BCUT2D eigenvalue weighted by Crippen LogP contribution is 2.19. The van der Waals surface area contributed by atoms with Crippen molar-refractivity contribution in [1.29, 1.82) is 0 Å². The largest absolute Gasteiger partial charge is 0.494 e. The summed E-state index contributed by atoms with van der Waals surface area (Å²) in [6, 6.07) is 25.9. The Labute approximate surface area is 225 Å². The van der Waals surface area contributed by atoms with Crippen LogP contribution in [0.15, 0.2) is 78.9 Å². The fraction of sp³-hybridized carbons (Fsp3) is 0.455. The van der Waals surface area contributed by atoms with E-state index in [4.69, 9.17) is 18.9 Å². The van der Waals surface area contributed by atoms with Gasteiger partial charge in [0.05, 0.1) is 26.4 Å². The highest BCUT2D eigenvalue weighted by atomic mass is 16.5. The molecule has 0 aromatic heterocycles. The summed E-state index contributed by atoms with van der Waals surface area (Å²) in [4.78, 5) is 0. The number of ether oxygens (including phenoxy) is 4. The molecule has 0 spiro atoms. The van der Waals surface area contributed by atoms with Gasteiger partial charge in [0.1, 0.15) is 23.0 Å². The number of hydrogen-bond acceptors (Lipinski definition) is 4. The summed E-state index contributed by atoms with van der Waals surface area (Å²) < 4.78 is 21.9. The first-order chi connectivity index (χ1) is 18.1. The van der Waals surface area contributed by atoms with Crippen LogP contribution in [0.2, 0.25) is 0 Å². The van der Waals surface area contributed by atoms with Gasteiger partial charge >= 0.3 is 0 Å². The minimum absolute atomic E-state index is 0.693. The molecule has 0 amide bonds. The summed E-state index contributed by atoms with van der Waals surface area (Å²) >= 11 is 0. The van der Waals surface area contributed by atoms with E-state index in [9.17, 15) is 0 Å². The highest BCUT2D eigenvalue weighted by molar-refractivity contribution is 5.32. The van der Waals surface area contributed by atoms with Crippen LogP contribution in [-0.4, -0.2) is 26.4 Å². The van der Waals surface area contributed by atoms with Crippen molar-refractivity contribution < 1.29 is 18.9 Å². The minimum Gasteiger partial charge on any atom is -0.494 e. The van der Waals surface area contributed by atoms with Gasteiger partial charge in [-0.25, -0.2) is 0 Å². The molecule has 3 aromatic carbocycles. The highest BCUT2D eigenvalue weighted by Gasteiger charge is 1.96. The van der Waals surface area contributed by atoms with E-state index in [1.54, 1.807) is 0 Å². The van der Waals surface area contributed by atoms with E-state index in [2.05, 4.69) is 39.8 Å².